The highest BCUT2D eigenvalue weighted by Gasteiger charge is 2.24. The molecule has 0 bridgehead atoms. The van der Waals surface area contributed by atoms with Crippen molar-refractivity contribution in [2.75, 3.05) is 38.1 Å². The topological polar surface area (TPSA) is 35.6 Å². The van der Waals surface area contributed by atoms with Crippen molar-refractivity contribution in [1.29, 1.82) is 0 Å². The number of hydrogen-bond acceptors (Lipinski definition) is 3. The van der Waals surface area contributed by atoms with E-state index < -0.39 is 0 Å². The van der Waals surface area contributed by atoms with Crippen molar-refractivity contribution in [1.82, 2.24) is 10.2 Å². The van der Waals surface area contributed by atoms with Gasteiger partial charge in [0.05, 0.1) is 6.54 Å². The van der Waals surface area contributed by atoms with Crippen LogP contribution in [0.1, 0.15) is 25.5 Å². The highest BCUT2D eigenvalue weighted by molar-refractivity contribution is 9.10. The summed E-state index contributed by atoms with van der Waals surface area (Å²) in [4.78, 5) is 15.9. The second kappa shape index (κ2) is 6.59. The van der Waals surface area contributed by atoms with Gasteiger partial charge < -0.3 is 15.1 Å². The van der Waals surface area contributed by atoms with Crippen molar-refractivity contribution < 1.29 is 4.79 Å². The first-order chi connectivity index (χ1) is 9.52. The van der Waals surface area contributed by atoms with E-state index >= 15 is 0 Å². The molecule has 1 aromatic carbocycles. The number of nitrogens with one attached hydrogen (secondary N) is 1. The van der Waals surface area contributed by atoms with Crippen LogP contribution >= 0.6 is 15.9 Å². The molecule has 1 unspecified atom stereocenters. The summed E-state index contributed by atoms with van der Waals surface area (Å²) in [5, 5.41) is 3.44. The zero-order valence-electron chi connectivity index (χ0n) is 12.3. The standard InChI is InChI=1S/C15H22BrN3O/c1-4-17-11(2)13-6-5-12(16)9-14(13)19-8-7-18(3)15(20)10-19/h5-6,9,11,17H,4,7-8,10H2,1-3H3. The first-order valence-corrected chi connectivity index (χ1v) is 7.84. The monoisotopic (exact) mass is 339 g/mol. The molecule has 110 valence electrons. The molecule has 0 aromatic heterocycles. The van der Waals surface area contributed by atoms with Gasteiger partial charge in [0, 0.05) is 36.3 Å². The lowest BCUT2D eigenvalue weighted by atomic mass is 10.0. The average Bonchev–Trinajstić information content (AvgIpc) is 2.42. The van der Waals surface area contributed by atoms with Crippen LogP contribution < -0.4 is 10.2 Å². The number of nitrogens with zero attached hydrogens (tertiary/aromatic N) is 2. The third kappa shape index (κ3) is 3.33. The van der Waals surface area contributed by atoms with Crippen LogP contribution in [-0.4, -0.2) is 44.0 Å². The Hall–Kier alpha value is -1.07. The van der Waals surface area contributed by atoms with Gasteiger partial charge in [-0.05, 0) is 31.2 Å². The Balaban J connectivity index is 2.29. The maximum atomic E-state index is 11.9. The van der Waals surface area contributed by atoms with Crippen molar-refractivity contribution in [2.45, 2.75) is 19.9 Å². The van der Waals surface area contributed by atoms with Crippen LogP contribution in [0.4, 0.5) is 5.69 Å². The normalized spacial score (nSPS) is 17.5. The quantitative estimate of drug-likeness (QED) is 0.914. The van der Waals surface area contributed by atoms with Gasteiger partial charge in [0.2, 0.25) is 5.91 Å². The fourth-order valence-electron chi connectivity index (χ4n) is 2.54. The highest BCUT2D eigenvalue weighted by Crippen LogP contribution is 2.30. The molecule has 1 N–H and O–H groups in total. The molecule has 1 aromatic rings. The largest absolute Gasteiger partial charge is 0.360 e. The Labute approximate surface area is 129 Å². The number of amides is 1. The van der Waals surface area contributed by atoms with Crippen LogP contribution in [0.5, 0.6) is 0 Å². The Kier molecular flexibility index (Phi) is 5.05. The molecule has 20 heavy (non-hydrogen) atoms. The van der Waals surface area contributed by atoms with Crippen LogP contribution in [0, 0.1) is 0 Å². The van der Waals surface area contributed by atoms with Gasteiger partial charge in [-0.3, -0.25) is 4.79 Å². The summed E-state index contributed by atoms with van der Waals surface area (Å²) >= 11 is 3.54. The molecule has 0 radical (unpaired) electrons. The van der Waals surface area contributed by atoms with Crippen LogP contribution in [0.15, 0.2) is 22.7 Å². The summed E-state index contributed by atoms with van der Waals surface area (Å²) in [6.07, 6.45) is 0. The van der Waals surface area contributed by atoms with Gasteiger partial charge in [0.25, 0.3) is 0 Å². The number of likely N-dealkylation sites (N-methyl/N-ethyl adjacent to an activating group) is 1. The lowest BCUT2D eigenvalue weighted by Crippen LogP contribution is -2.49. The molecular formula is C15H22BrN3O. The minimum Gasteiger partial charge on any atom is -0.360 e. The predicted molar refractivity (Wildman–Crippen MR) is 86.1 cm³/mol. The van der Waals surface area contributed by atoms with Gasteiger partial charge >= 0.3 is 0 Å². The Morgan fingerprint density at radius 1 is 1.40 bits per heavy atom. The minimum absolute atomic E-state index is 0.179. The zero-order valence-corrected chi connectivity index (χ0v) is 13.9. The smallest absolute Gasteiger partial charge is 0.241 e. The van der Waals surface area contributed by atoms with Crippen molar-refractivity contribution in [3.8, 4) is 0 Å². The Bertz CT molecular complexity index is 492. The molecule has 1 aliphatic heterocycles. The number of hydrogen-bond donors (Lipinski definition) is 1. The molecule has 0 aliphatic carbocycles. The number of carbonyl (C=O) groups excluding carboxylic acids is 1. The first-order valence-electron chi connectivity index (χ1n) is 7.04. The lowest BCUT2D eigenvalue weighted by molar-refractivity contribution is -0.129. The third-order valence-electron chi connectivity index (χ3n) is 3.77. The van der Waals surface area contributed by atoms with E-state index in [2.05, 4.69) is 58.2 Å². The van der Waals surface area contributed by atoms with Crippen molar-refractivity contribution >= 4 is 27.5 Å². The van der Waals surface area contributed by atoms with E-state index in [0.29, 0.717) is 6.54 Å². The lowest BCUT2D eigenvalue weighted by Gasteiger charge is -2.35. The van der Waals surface area contributed by atoms with E-state index in [0.717, 1.165) is 29.8 Å². The first kappa shape index (κ1) is 15.3. The molecular weight excluding hydrogens is 318 g/mol. The van der Waals surface area contributed by atoms with E-state index in [1.54, 1.807) is 4.90 Å². The predicted octanol–water partition coefficient (Wildman–Crippen LogP) is 2.40. The molecule has 0 saturated carbocycles. The summed E-state index contributed by atoms with van der Waals surface area (Å²) in [6, 6.07) is 6.58. The number of halogens is 1. The molecule has 2 rings (SSSR count). The number of piperazine rings is 1. The molecule has 1 amide bonds. The molecule has 5 heteroatoms. The fourth-order valence-corrected chi connectivity index (χ4v) is 2.89. The van der Waals surface area contributed by atoms with Crippen molar-refractivity contribution in [3.63, 3.8) is 0 Å². The fraction of sp³-hybridized carbons (Fsp3) is 0.533. The van der Waals surface area contributed by atoms with Crippen LogP contribution in [0.25, 0.3) is 0 Å². The zero-order chi connectivity index (χ0) is 14.7. The summed E-state index contributed by atoms with van der Waals surface area (Å²) in [6.45, 7) is 7.31. The van der Waals surface area contributed by atoms with E-state index in [4.69, 9.17) is 0 Å². The van der Waals surface area contributed by atoms with E-state index in [-0.39, 0.29) is 11.9 Å². The maximum Gasteiger partial charge on any atom is 0.241 e. The van der Waals surface area contributed by atoms with Gasteiger partial charge in [-0.25, -0.2) is 0 Å². The van der Waals surface area contributed by atoms with E-state index in [9.17, 15) is 4.79 Å². The average molecular weight is 340 g/mol. The highest BCUT2D eigenvalue weighted by atomic mass is 79.9. The van der Waals surface area contributed by atoms with Gasteiger partial charge in [-0.1, -0.05) is 28.9 Å². The van der Waals surface area contributed by atoms with E-state index in [1.807, 2.05) is 7.05 Å². The van der Waals surface area contributed by atoms with Gasteiger partial charge in [0.15, 0.2) is 0 Å². The van der Waals surface area contributed by atoms with Crippen LogP contribution in [0.2, 0.25) is 0 Å². The number of rotatable bonds is 4. The SMILES string of the molecule is CCNC(C)c1ccc(Br)cc1N1CCN(C)C(=O)C1. The van der Waals surface area contributed by atoms with Crippen molar-refractivity contribution in [2.24, 2.45) is 0 Å². The molecule has 0 spiro atoms. The number of carbonyl (C=O) groups is 1. The van der Waals surface area contributed by atoms with E-state index in [1.165, 1.54) is 5.56 Å². The Morgan fingerprint density at radius 2 is 2.15 bits per heavy atom. The van der Waals surface area contributed by atoms with Gasteiger partial charge in [0.1, 0.15) is 0 Å². The molecule has 1 saturated heterocycles. The maximum absolute atomic E-state index is 11.9. The second-order valence-electron chi connectivity index (χ2n) is 5.22. The molecule has 4 nitrogen and oxygen atoms in total. The second-order valence-corrected chi connectivity index (χ2v) is 6.14. The number of anilines is 1. The summed E-state index contributed by atoms with van der Waals surface area (Å²) in [7, 11) is 1.86. The van der Waals surface area contributed by atoms with Crippen LogP contribution in [0.3, 0.4) is 0 Å². The summed E-state index contributed by atoms with van der Waals surface area (Å²) < 4.78 is 1.05. The number of benzene rings is 1. The van der Waals surface area contributed by atoms with Gasteiger partial charge in [-0.2, -0.15) is 0 Å². The Morgan fingerprint density at radius 3 is 2.80 bits per heavy atom. The third-order valence-corrected chi connectivity index (χ3v) is 4.26. The van der Waals surface area contributed by atoms with Gasteiger partial charge in [-0.15, -0.1) is 0 Å². The minimum atomic E-state index is 0.179. The summed E-state index contributed by atoms with van der Waals surface area (Å²) in [5.41, 5.74) is 2.39. The van der Waals surface area contributed by atoms with Crippen LogP contribution in [-0.2, 0) is 4.79 Å². The molecule has 1 heterocycles. The molecule has 1 aliphatic rings. The molecule has 1 atom stereocenters. The summed E-state index contributed by atoms with van der Waals surface area (Å²) in [5.74, 6) is 0.179. The molecule has 1 fully saturated rings. The van der Waals surface area contributed by atoms with Crippen molar-refractivity contribution in [3.05, 3.63) is 28.2 Å².